The van der Waals surface area contributed by atoms with Gasteiger partial charge in [-0.2, -0.15) is 0 Å². The number of hydrogen-bond acceptors (Lipinski definition) is 6. The number of aromatic nitrogens is 1. The van der Waals surface area contributed by atoms with Crippen molar-refractivity contribution in [2.75, 3.05) is 32.8 Å². The molecule has 2 heterocycles. The number of nitrogens with zero attached hydrogens (tertiary/aromatic N) is 2. The molecule has 5 nitrogen and oxygen atoms in total. The van der Waals surface area contributed by atoms with Crippen molar-refractivity contribution in [2.45, 2.75) is 26.3 Å². The van der Waals surface area contributed by atoms with Gasteiger partial charge in [0.05, 0.1) is 17.3 Å². The minimum atomic E-state index is -0.357. The molecule has 1 aliphatic rings. The fourth-order valence-electron chi connectivity index (χ4n) is 2.31. The van der Waals surface area contributed by atoms with Crippen LogP contribution in [-0.2, 0) is 9.53 Å². The third-order valence-corrected chi connectivity index (χ3v) is 3.96. The van der Waals surface area contributed by atoms with Gasteiger partial charge in [0.2, 0.25) is 0 Å². The van der Waals surface area contributed by atoms with Crippen molar-refractivity contribution in [1.29, 1.82) is 0 Å². The van der Waals surface area contributed by atoms with Crippen LogP contribution in [0.25, 0.3) is 0 Å². The average Bonchev–Trinajstić information content (AvgIpc) is 2.65. The van der Waals surface area contributed by atoms with Crippen LogP contribution >= 0.6 is 11.3 Å². The van der Waals surface area contributed by atoms with Crippen molar-refractivity contribution < 1.29 is 9.53 Å². The molecule has 0 saturated carbocycles. The Morgan fingerprint density at radius 2 is 2.42 bits per heavy atom. The minimum Gasteiger partial charge on any atom is -0.465 e. The largest absolute Gasteiger partial charge is 0.465 e. The molecule has 0 aromatic carbocycles. The highest BCUT2D eigenvalue weighted by atomic mass is 32.1. The Bertz CT molecular complexity index is 414. The van der Waals surface area contributed by atoms with Gasteiger partial charge in [-0.25, -0.2) is 9.78 Å². The molecule has 0 aliphatic carbocycles. The van der Waals surface area contributed by atoms with Crippen molar-refractivity contribution in [1.82, 2.24) is 15.2 Å². The van der Waals surface area contributed by atoms with Crippen LogP contribution in [0.5, 0.6) is 0 Å². The first kappa shape index (κ1) is 14.4. The lowest BCUT2D eigenvalue weighted by Crippen LogP contribution is -2.37. The summed E-state index contributed by atoms with van der Waals surface area (Å²) >= 11 is 1.58. The van der Waals surface area contributed by atoms with Crippen LogP contribution in [0.1, 0.15) is 30.1 Å². The number of rotatable bonds is 4. The summed E-state index contributed by atoms with van der Waals surface area (Å²) in [6.07, 6.45) is 1.04. The molecule has 1 aliphatic heterocycles. The van der Waals surface area contributed by atoms with Crippen LogP contribution in [0.15, 0.2) is 5.38 Å². The molecule has 1 saturated heterocycles. The van der Waals surface area contributed by atoms with Gasteiger partial charge in [-0.3, -0.25) is 4.90 Å². The van der Waals surface area contributed by atoms with Crippen molar-refractivity contribution in [3.8, 4) is 0 Å². The van der Waals surface area contributed by atoms with E-state index in [4.69, 9.17) is 4.74 Å². The Labute approximate surface area is 118 Å². The van der Waals surface area contributed by atoms with Crippen molar-refractivity contribution >= 4 is 17.3 Å². The van der Waals surface area contributed by atoms with Gasteiger partial charge < -0.3 is 10.1 Å². The molecule has 106 valence electrons. The predicted molar refractivity (Wildman–Crippen MR) is 75.3 cm³/mol. The summed E-state index contributed by atoms with van der Waals surface area (Å²) in [7, 11) is 0. The second-order valence-electron chi connectivity index (χ2n) is 4.59. The van der Waals surface area contributed by atoms with Crippen LogP contribution < -0.4 is 5.32 Å². The topological polar surface area (TPSA) is 54.5 Å². The summed E-state index contributed by atoms with van der Waals surface area (Å²) in [6, 6.07) is -0.357. The molecule has 1 N–H and O–H groups in total. The van der Waals surface area contributed by atoms with Crippen molar-refractivity contribution in [3.63, 3.8) is 0 Å². The Hall–Kier alpha value is -0.980. The summed E-state index contributed by atoms with van der Waals surface area (Å²) in [4.78, 5) is 18.9. The summed E-state index contributed by atoms with van der Waals surface area (Å²) in [6.45, 7) is 7.85. The Morgan fingerprint density at radius 3 is 3.11 bits per heavy atom. The first-order valence-corrected chi connectivity index (χ1v) is 7.63. The molecule has 6 heteroatoms. The number of aryl methyl sites for hydroxylation is 1. The van der Waals surface area contributed by atoms with Crippen LogP contribution in [0.3, 0.4) is 0 Å². The first-order valence-electron chi connectivity index (χ1n) is 6.75. The highest BCUT2D eigenvalue weighted by Crippen LogP contribution is 2.24. The number of nitrogens with one attached hydrogen (secondary N) is 1. The quantitative estimate of drug-likeness (QED) is 0.845. The highest BCUT2D eigenvalue weighted by molar-refractivity contribution is 7.09. The zero-order chi connectivity index (χ0) is 13.7. The normalized spacial score (nSPS) is 18.8. The molecular weight excluding hydrogens is 262 g/mol. The molecule has 1 atom stereocenters. The smallest absolute Gasteiger partial charge is 0.329 e. The molecule has 0 spiro atoms. The third-order valence-electron chi connectivity index (χ3n) is 3.17. The van der Waals surface area contributed by atoms with Gasteiger partial charge in [-0.15, -0.1) is 11.3 Å². The molecule has 1 unspecified atom stereocenters. The lowest BCUT2D eigenvalue weighted by molar-refractivity contribution is -0.150. The van der Waals surface area contributed by atoms with E-state index in [-0.39, 0.29) is 12.0 Å². The number of ether oxygens (including phenoxy) is 1. The summed E-state index contributed by atoms with van der Waals surface area (Å²) < 4.78 is 5.23. The molecule has 2 rings (SSSR count). The number of hydrogen-bond donors (Lipinski definition) is 1. The van der Waals surface area contributed by atoms with E-state index in [1.807, 2.05) is 19.2 Å². The number of carbonyl (C=O) groups is 1. The zero-order valence-corrected chi connectivity index (χ0v) is 12.3. The lowest BCUT2D eigenvalue weighted by atomic mass is 10.2. The lowest BCUT2D eigenvalue weighted by Gasteiger charge is -2.27. The van der Waals surface area contributed by atoms with Gasteiger partial charge in [0.25, 0.3) is 0 Å². The third kappa shape index (κ3) is 3.75. The van der Waals surface area contributed by atoms with E-state index in [0.29, 0.717) is 6.61 Å². The fourth-order valence-corrected chi connectivity index (χ4v) is 2.94. The van der Waals surface area contributed by atoms with Gasteiger partial charge in [0.15, 0.2) is 6.04 Å². The van der Waals surface area contributed by atoms with Crippen LogP contribution in [0, 0.1) is 6.92 Å². The van der Waals surface area contributed by atoms with Gasteiger partial charge >= 0.3 is 5.97 Å². The second-order valence-corrected chi connectivity index (χ2v) is 5.65. The van der Waals surface area contributed by atoms with E-state index in [2.05, 4.69) is 15.2 Å². The monoisotopic (exact) mass is 283 g/mol. The maximum absolute atomic E-state index is 12.2. The van der Waals surface area contributed by atoms with Crippen LogP contribution in [-0.4, -0.2) is 48.6 Å². The zero-order valence-electron chi connectivity index (χ0n) is 11.5. The molecule has 0 amide bonds. The summed E-state index contributed by atoms with van der Waals surface area (Å²) in [5, 5.41) is 6.30. The molecule has 1 fully saturated rings. The van der Waals surface area contributed by atoms with Gasteiger partial charge in [0.1, 0.15) is 0 Å². The average molecular weight is 283 g/mol. The first-order chi connectivity index (χ1) is 9.22. The SMILES string of the molecule is CCOC(=O)C(c1csc(C)n1)N1CCCNCC1. The fraction of sp³-hybridized carbons (Fsp3) is 0.692. The second kappa shape index (κ2) is 6.98. The number of thiazole rings is 1. The molecule has 0 bridgehead atoms. The maximum atomic E-state index is 12.2. The van der Waals surface area contributed by atoms with E-state index >= 15 is 0 Å². The number of esters is 1. The van der Waals surface area contributed by atoms with E-state index in [9.17, 15) is 4.79 Å². The van der Waals surface area contributed by atoms with E-state index in [1.165, 1.54) is 0 Å². The number of carbonyl (C=O) groups excluding carboxylic acids is 1. The van der Waals surface area contributed by atoms with Gasteiger partial charge in [-0.1, -0.05) is 0 Å². The van der Waals surface area contributed by atoms with Crippen molar-refractivity contribution in [3.05, 3.63) is 16.1 Å². The molecule has 19 heavy (non-hydrogen) atoms. The Kier molecular flexibility index (Phi) is 5.30. The summed E-state index contributed by atoms with van der Waals surface area (Å²) in [5.74, 6) is -0.185. The summed E-state index contributed by atoms with van der Waals surface area (Å²) in [5.41, 5.74) is 0.822. The standard InChI is InChI=1S/C13H21N3O2S/c1-3-18-13(17)12(11-9-19-10(2)15-11)16-7-4-5-14-6-8-16/h9,12,14H,3-8H2,1-2H3. The van der Waals surface area contributed by atoms with Crippen LogP contribution in [0.4, 0.5) is 0 Å². The van der Waals surface area contributed by atoms with Crippen LogP contribution in [0.2, 0.25) is 0 Å². The Balaban J connectivity index is 2.19. The molecular formula is C13H21N3O2S. The van der Waals surface area contributed by atoms with E-state index in [0.717, 1.165) is 43.3 Å². The van der Waals surface area contributed by atoms with E-state index in [1.54, 1.807) is 11.3 Å². The molecule has 0 radical (unpaired) electrons. The molecule has 1 aromatic rings. The maximum Gasteiger partial charge on any atom is 0.329 e. The van der Waals surface area contributed by atoms with Gasteiger partial charge in [-0.05, 0) is 26.8 Å². The minimum absolute atomic E-state index is 0.185. The van der Waals surface area contributed by atoms with E-state index < -0.39 is 0 Å². The molecule has 1 aromatic heterocycles. The highest BCUT2D eigenvalue weighted by Gasteiger charge is 2.31. The Morgan fingerprint density at radius 1 is 1.58 bits per heavy atom. The predicted octanol–water partition coefficient (Wildman–Crippen LogP) is 1.35. The van der Waals surface area contributed by atoms with Crippen molar-refractivity contribution in [2.24, 2.45) is 0 Å². The van der Waals surface area contributed by atoms with Gasteiger partial charge in [0, 0.05) is 25.0 Å².